The van der Waals surface area contributed by atoms with E-state index in [4.69, 9.17) is 16.3 Å². The van der Waals surface area contributed by atoms with Gasteiger partial charge < -0.3 is 15.0 Å². The minimum atomic E-state index is -3.07. The largest absolute Gasteiger partial charge is 0.496 e. The van der Waals surface area contributed by atoms with E-state index in [-0.39, 0.29) is 29.9 Å². The van der Waals surface area contributed by atoms with Crippen molar-refractivity contribution in [1.29, 1.82) is 0 Å². The van der Waals surface area contributed by atoms with Crippen LogP contribution in [0.2, 0.25) is 5.02 Å². The Kier molecular flexibility index (Phi) is 6.29. The molecule has 0 saturated carbocycles. The van der Waals surface area contributed by atoms with Crippen molar-refractivity contribution in [2.75, 3.05) is 31.7 Å². The molecule has 1 fully saturated rings. The highest BCUT2D eigenvalue weighted by molar-refractivity contribution is 7.91. The molecular weight excluding hydrogens is 368 g/mol. The smallest absolute Gasteiger partial charge is 0.258 e. The molecule has 25 heavy (non-hydrogen) atoms. The molecule has 1 N–H and O–H groups in total. The van der Waals surface area contributed by atoms with Gasteiger partial charge in [-0.2, -0.15) is 0 Å². The summed E-state index contributed by atoms with van der Waals surface area (Å²) in [6.07, 6.45) is 0.402. The summed E-state index contributed by atoms with van der Waals surface area (Å²) in [5, 5.41) is 3.12. The highest BCUT2D eigenvalue weighted by atomic mass is 35.5. The summed E-state index contributed by atoms with van der Waals surface area (Å²) in [7, 11) is -1.64. The number of hydrogen-bond acceptors (Lipinski definition) is 5. The van der Waals surface area contributed by atoms with Gasteiger partial charge in [-0.3, -0.25) is 9.59 Å². The molecule has 1 aliphatic heterocycles. The van der Waals surface area contributed by atoms with E-state index in [0.29, 0.717) is 29.3 Å². The van der Waals surface area contributed by atoms with Crippen LogP contribution in [0.5, 0.6) is 5.75 Å². The molecule has 9 heteroatoms. The lowest BCUT2D eigenvalue weighted by Gasteiger charge is -2.22. The summed E-state index contributed by atoms with van der Waals surface area (Å²) in [6.45, 7) is 1.92. The predicted octanol–water partition coefficient (Wildman–Crippen LogP) is 1.11. The Morgan fingerprint density at radius 3 is 2.68 bits per heavy atom. The molecule has 1 aromatic carbocycles. The molecule has 2 amide bonds. The average Bonchev–Trinajstić information content (AvgIpc) is 2.90. The highest BCUT2D eigenvalue weighted by Crippen LogP contribution is 2.24. The molecule has 1 aliphatic rings. The van der Waals surface area contributed by atoms with Crippen LogP contribution in [-0.2, 0) is 14.6 Å². The summed E-state index contributed by atoms with van der Waals surface area (Å²) in [4.78, 5) is 26.2. The topological polar surface area (TPSA) is 92.8 Å². The quantitative estimate of drug-likeness (QED) is 0.788. The van der Waals surface area contributed by atoms with Gasteiger partial charge in [-0.15, -0.1) is 0 Å². The number of nitrogens with zero attached hydrogens (tertiary/aromatic N) is 1. The molecule has 0 spiro atoms. The Bertz CT molecular complexity index is 766. The zero-order chi connectivity index (χ0) is 18.6. The van der Waals surface area contributed by atoms with Crippen LogP contribution < -0.4 is 10.1 Å². The maximum absolute atomic E-state index is 12.7. The van der Waals surface area contributed by atoms with Crippen molar-refractivity contribution in [3.05, 3.63) is 28.8 Å². The summed E-state index contributed by atoms with van der Waals surface area (Å²) < 4.78 is 28.1. The zero-order valence-electron chi connectivity index (χ0n) is 14.1. The van der Waals surface area contributed by atoms with E-state index < -0.39 is 15.9 Å². The molecule has 0 radical (unpaired) electrons. The third kappa shape index (κ3) is 5.09. The monoisotopic (exact) mass is 388 g/mol. The number of carbonyl (C=O) groups excluding carboxylic acids is 2. The number of amides is 2. The summed E-state index contributed by atoms with van der Waals surface area (Å²) in [5.74, 6) is -0.381. The Morgan fingerprint density at radius 2 is 2.12 bits per heavy atom. The predicted molar refractivity (Wildman–Crippen MR) is 94.8 cm³/mol. The Labute approximate surface area is 152 Å². The van der Waals surface area contributed by atoms with Gasteiger partial charge in [0.15, 0.2) is 9.84 Å². The Balaban J connectivity index is 2.04. The molecule has 1 atom stereocenters. The van der Waals surface area contributed by atoms with Gasteiger partial charge in [0.25, 0.3) is 5.91 Å². The van der Waals surface area contributed by atoms with Crippen LogP contribution in [0, 0.1) is 0 Å². The van der Waals surface area contributed by atoms with Crippen LogP contribution in [0.4, 0.5) is 0 Å². The SMILES string of the molecule is CCN(CC(=O)N[C@@H]1CCS(=O)(=O)C1)C(=O)c1ccc(Cl)cc1OC. The van der Waals surface area contributed by atoms with Gasteiger partial charge in [0, 0.05) is 17.6 Å². The number of halogens is 1. The summed E-state index contributed by atoms with van der Waals surface area (Å²) in [5.41, 5.74) is 0.310. The van der Waals surface area contributed by atoms with Gasteiger partial charge in [0.05, 0.1) is 30.7 Å². The fraction of sp³-hybridized carbons (Fsp3) is 0.500. The summed E-state index contributed by atoms with van der Waals surface area (Å²) in [6, 6.07) is 4.27. The van der Waals surface area contributed by atoms with Gasteiger partial charge in [-0.25, -0.2) is 8.42 Å². The molecule has 0 aliphatic carbocycles. The van der Waals surface area contributed by atoms with Gasteiger partial charge in [0.2, 0.25) is 5.91 Å². The van der Waals surface area contributed by atoms with Crippen LogP contribution in [-0.4, -0.2) is 62.9 Å². The third-order valence-electron chi connectivity index (χ3n) is 3.99. The van der Waals surface area contributed by atoms with E-state index in [2.05, 4.69) is 5.32 Å². The molecule has 1 heterocycles. The van der Waals surface area contributed by atoms with Crippen molar-refractivity contribution in [2.45, 2.75) is 19.4 Å². The lowest BCUT2D eigenvalue weighted by molar-refractivity contribution is -0.122. The number of benzene rings is 1. The average molecular weight is 389 g/mol. The number of methoxy groups -OCH3 is 1. The van der Waals surface area contributed by atoms with E-state index >= 15 is 0 Å². The van der Waals surface area contributed by atoms with Crippen LogP contribution in [0.3, 0.4) is 0 Å². The number of rotatable bonds is 6. The number of carbonyl (C=O) groups is 2. The lowest BCUT2D eigenvalue weighted by atomic mass is 10.1. The maximum Gasteiger partial charge on any atom is 0.258 e. The number of nitrogens with one attached hydrogen (secondary N) is 1. The first kappa shape index (κ1) is 19.5. The summed E-state index contributed by atoms with van der Waals surface area (Å²) >= 11 is 5.90. The first-order chi connectivity index (χ1) is 11.8. The maximum atomic E-state index is 12.7. The molecule has 0 unspecified atom stereocenters. The second-order valence-corrected chi connectivity index (χ2v) is 8.50. The third-order valence-corrected chi connectivity index (χ3v) is 6.00. The molecule has 1 saturated heterocycles. The molecule has 0 bridgehead atoms. The number of sulfone groups is 1. The van der Waals surface area contributed by atoms with Crippen molar-refractivity contribution in [3.63, 3.8) is 0 Å². The Hall–Kier alpha value is -1.80. The van der Waals surface area contributed by atoms with Crippen molar-refractivity contribution >= 4 is 33.3 Å². The van der Waals surface area contributed by atoms with Gasteiger partial charge in [0.1, 0.15) is 5.75 Å². The van der Waals surface area contributed by atoms with Crippen molar-refractivity contribution in [1.82, 2.24) is 10.2 Å². The van der Waals surface area contributed by atoms with Crippen molar-refractivity contribution < 1.29 is 22.7 Å². The Morgan fingerprint density at radius 1 is 1.40 bits per heavy atom. The highest BCUT2D eigenvalue weighted by Gasteiger charge is 2.29. The standard InChI is InChI=1S/C16H21ClN2O5S/c1-3-19(9-15(20)18-12-6-7-25(22,23)10-12)16(21)13-5-4-11(17)8-14(13)24-2/h4-5,8,12H,3,6-7,9-10H2,1-2H3,(H,18,20)/t12-/m1/s1. The van der Waals surface area contributed by atoms with Gasteiger partial charge >= 0.3 is 0 Å². The molecule has 7 nitrogen and oxygen atoms in total. The van der Waals surface area contributed by atoms with Crippen LogP contribution >= 0.6 is 11.6 Å². The van der Waals surface area contributed by atoms with E-state index in [9.17, 15) is 18.0 Å². The van der Waals surface area contributed by atoms with Crippen molar-refractivity contribution in [2.24, 2.45) is 0 Å². The second-order valence-electron chi connectivity index (χ2n) is 5.83. The minimum Gasteiger partial charge on any atom is -0.496 e. The van der Waals surface area contributed by atoms with E-state index in [1.807, 2.05) is 0 Å². The first-order valence-corrected chi connectivity index (χ1v) is 10.1. The molecule has 0 aromatic heterocycles. The number of ether oxygens (including phenoxy) is 1. The van der Waals surface area contributed by atoms with Gasteiger partial charge in [-0.05, 0) is 31.5 Å². The first-order valence-electron chi connectivity index (χ1n) is 7.88. The fourth-order valence-electron chi connectivity index (χ4n) is 2.69. The van der Waals surface area contributed by atoms with E-state index in [1.54, 1.807) is 19.1 Å². The van der Waals surface area contributed by atoms with Crippen LogP contribution in [0.15, 0.2) is 18.2 Å². The van der Waals surface area contributed by atoms with E-state index in [1.165, 1.54) is 18.1 Å². The lowest BCUT2D eigenvalue weighted by Crippen LogP contribution is -2.44. The number of likely N-dealkylation sites (N-methyl/N-ethyl adjacent to an activating group) is 1. The minimum absolute atomic E-state index is 0.0518. The van der Waals surface area contributed by atoms with E-state index in [0.717, 1.165) is 0 Å². The van der Waals surface area contributed by atoms with Crippen molar-refractivity contribution in [3.8, 4) is 5.75 Å². The molecule has 2 rings (SSSR count). The normalized spacial score (nSPS) is 18.6. The van der Waals surface area contributed by atoms with Gasteiger partial charge in [-0.1, -0.05) is 11.6 Å². The zero-order valence-corrected chi connectivity index (χ0v) is 15.7. The van der Waals surface area contributed by atoms with Crippen LogP contribution in [0.1, 0.15) is 23.7 Å². The van der Waals surface area contributed by atoms with Crippen LogP contribution in [0.25, 0.3) is 0 Å². The molecule has 138 valence electrons. The second kappa shape index (κ2) is 8.05. The molecule has 1 aromatic rings. The number of hydrogen-bond donors (Lipinski definition) is 1. The fourth-order valence-corrected chi connectivity index (χ4v) is 4.53. The molecular formula is C16H21ClN2O5S.